The van der Waals surface area contributed by atoms with Gasteiger partial charge >= 0.3 is 0 Å². The summed E-state index contributed by atoms with van der Waals surface area (Å²) in [5.41, 5.74) is 0.690. The third kappa shape index (κ3) is 3.87. The molecule has 1 unspecified atom stereocenters. The van der Waals surface area contributed by atoms with Crippen LogP contribution in [0.15, 0.2) is 53.4 Å². The van der Waals surface area contributed by atoms with Crippen molar-refractivity contribution < 1.29 is 18.4 Å². The van der Waals surface area contributed by atoms with Gasteiger partial charge in [-0.15, -0.1) is 0 Å². The smallest absolute Gasteiger partial charge is 0.270 e. The van der Waals surface area contributed by atoms with E-state index in [-0.39, 0.29) is 17.1 Å². The maximum Gasteiger partial charge on any atom is 0.270 e. The molecule has 0 aromatic heterocycles. The molecular formula is C17H18N2O5S. The third-order valence-electron chi connectivity index (χ3n) is 4.43. The number of fused-ring (bicyclic) bond motifs is 1. The van der Waals surface area contributed by atoms with Crippen molar-refractivity contribution >= 4 is 15.7 Å². The van der Waals surface area contributed by atoms with E-state index < -0.39 is 20.5 Å². The van der Waals surface area contributed by atoms with Gasteiger partial charge in [0.15, 0.2) is 0 Å². The molecule has 2 aromatic carbocycles. The Morgan fingerprint density at radius 3 is 2.60 bits per heavy atom. The van der Waals surface area contributed by atoms with Gasteiger partial charge in [0.2, 0.25) is 10.0 Å². The maximum absolute atomic E-state index is 12.4. The Bertz CT molecular complexity index is 913. The summed E-state index contributed by atoms with van der Waals surface area (Å²) in [5, 5.41) is 21.5. The number of nitrogens with one attached hydrogen (secondary N) is 1. The van der Waals surface area contributed by atoms with E-state index in [1.807, 2.05) is 24.3 Å². The SMILES string of the molecule is O=[N+]([O-])c1cccc(S(=O)(=O)NCC2(O)CCc3ccccc3C2)c1. The molecule has 1 atom stereocenters. The lowest BCUT2D eigenvalue weighted by Crippen LogP contribution is -2.46. The Labute approximate surface area is 145 Å². The number of nitro benzene ring substituents is 1. The molecule has 0 radical (unpaired) electrons. The Kier molecular flexibility index (Phi) is 4.59. The maximum atomic E-state index is 12.4. The van der Waals surface area contributed by atoms with Crippen LogP contribution in [-0.2, 0) is 22.9 Å². The highest BCUT2D eigenvalue weighted by atomic mass is 32.2. The van der Waals surface area contributed by atoms with Crippen LogP contribution in [-0.4, -0.2) is 30.6 Å². The molecule has 0 aliphatic heterocycles. The van der Waals surface area contributed by atoms with Crippen LogP contribution in [0.25, 0.3) is 0 Å². The van der Waals surface area contributed by atoms with E-state index in [0.29, 0.717) is 19.3 Å². The van der Waals surface area contributed by atoms with Gasteiger partial charge in [-0.1, -0.05) is 30.3 Å². The number of aliphatic hydroxyl groups is 1. The number of hydrogen-bond acceptors (Lipinski definition) is 5. The van der Waals surface area contributed by atoms with Gasteiger partial charge in [-0.2, -0.15) is 0 Å². The first-order valence-electron chi connectivity index (χ1n) is 7.82. The van der Waals surface area contributed by atoms with Crippen molar-refractivity contribution in [2.45, 2.75) is 29.8 Å². The van der Waals surface area contributed by atoms with E-state index in [1.54, 1.807) is 0 Å². The average molecular weight is 362 g/mol. The van der Waals surface area contributed by atoms with E-state index >= 15 is 0 Å². The summed E-state index contributed by atoms with van der Waals surface area (Å²) in [6, 6.07) is 12.6. The van der Waals surface area contributed by atoms with Crippen LogP contribution >= 0.6 is 0 Å². The lowest BCUT2D eigenvalue weighted by atomic mass is 9.80. The summed E-state index contributed by atoms with van der Waals surface area (Å²) in [7, 11) is -3.95. The number of hydrogen-bond donors (Lipinski definition) is 2. The highest BCUT2D eigenvalue weighted by Gasteiger charge is 2.33. The minimum atomic E-state index is -3.95. The summed E-state index contributed by atoms with van der Waals surface area (Å²) in [6.07, 6.45) is 1.48. The Balaban J connectivity index is 1.74. The first-order valence-corrected chi connectivity index (χ1v) is 9.31. The molecule has 1 aliphatic rings. The predicted molar refractivity (Wildman–Crippen MR) is 91.7 cm³/mol. The van der Waals surface area contributed by atoms with Crippen LogP contribution in [0, 0.1) is 10.1 Å². The molecular weight excluding hydrogens is 344 g/mol. The number of benzene rings is 2. The normalized spacial score (nSPS) is 20.0. The monoisotopic (exact) mass is 362 g/mol. The van der Waals surface area contributed by atoms with Crippen molar-refractivity contribution in [3.05, 3.63) is 69.8 Å². The summed E-state index contributed by atoms with van der Waals surface area (Å²) in [6.45, 7) is -0.146. The van der Waals surface area contributed by atoms with Crippen LogP contribution in [0.3, 0.4) is 0 Å². The van der Waals surface area contributed by atoms with Crippen LogP contribution in [0.5, 0.6) is 0 Å². The molecule has 0 amide bonds. The average Bonchev–Trinajstić information content (AvgIpc) is 2.60. The number of sulfonamides is 1. The van der Waals surface area contributed by atoms with E-state index in [0.717, 1.165) is 17.2 Å². The van der Waals surface area contributed by atoms with Crippen molar-refractivity contribution in [2.24, 2.45) is 0 Å². The Morgan fingerprint density at radius 2 is 1.88 bits per heavy atom. The second kappa shape index (κ2) is 6.55. The zero-order valence-corrected chi connectivity index (χ0v) is 14.2. The van der Waals surface area contributed by atoms with Gasteiger partial charge in [0.05, 0.1) is 15.4 Å². The summed E-state index contributed by atoms with van der Waals surface area (Å²) in [5.74, 6) is 0. The number of rotatable bonds is 5. The van der Waals surface area contributed by atoms with Crippen LogP contribution in [0.4, 0.5) is 5.69 Å². The van der Waals surface area contributed by atoms with Gasteiger partial charge in [-0.05, 0) is 30.0 Å². The fourth-order valence-corrected chi connectivity index (χ4v) is 4.17. The number of nitro groups is 1. The molecule has 0 saturated carbocycles. The Hall–Kier alpha value is -2.29. The van der Waals surface area contributed by atoms with Gasteiger partial charge in [0, 0.05) is 25.1 Å². The number of non-ortho nitro benzene ring substituents is 1. The van der Waals surface area contributed by atoms with Crippen molar-refractivity contribution in [1.82, 2.24) is 4.72 Å². The largest absolute Gasteiger partial charge is 0.388 e. The molecule has 7 nitrogen and oxygen atoms in total. The van der Waals surface area contributed by atoms with Crippen LogP contribution in [0.2, 0.25) is 0 Å². The molecule has 0 fully saturated rings. The van der Waals surface area contributed by atoms with Gasteiger partial charge < -0.3 is 5.11 Å². The van der Waals surface area contributed by atoms with Gasteiger partial charge in [0.25, 0.3) is 5.69 Å². The molecule has 132 valence electrons. The summed E-state index contributed by atoms with van der Waals surface area (Å²) < 4.78 is 27.2. The van der Waals surface area contributed by atoms with Crippen LogP contribution < -0.4 is 4.72 Å². The van der Waals surface area contributed by atoms with E-state index in [9.17, 15) is 23.6 Å². The van der Waals surface area contributed by atoms with Gasteiger partial charge in [-0.3, -0.25) is 10.1 Å². The van der Waals surface area contributed by atoms with Gasteiger partial charge in [-0.25, -0.2) is 13.1 Å². The number of aryl methyl sites for hydroxylation is 1. The van der Waals surface area contributed by atoms with Gasteiger partial charge in [0.1, 0.15) is 0 Å². The second-order valence-corrected chi connectivity index (χ2v) is 8.02. The molecule has 2 aromatic rings. The standard InChI is InChI=1S/C17H18N2O5S/c20-17(9-8-13-4-1-2-5-14(13)11-17)12-18-25(23,24)16-7-3-6-15(10-16)19(21)22/h1-7,10,18,20H,8-9,11-12H2. The molecule has 3 rings (SSSR count). The minimum Gasteiger partial charge on any atom is -0.388 e. The van der Waals surface area contributed by atoms with E-state index in [2.05, 4.69) is 4.72 Å². The molecule has 25 heavy (non-hydrogen) atoms. The lowest BCUT2D eigenvalue weighted by molar-refractivity contribution is -0.385. The summed E-state index contributed by atoms with van der Waals surface area (Å²) in [4.78, 5) is 9.96. The Morgan fingerprint density at radius 1 is 1.16 bits per heavy atom. The summed E-state index contributed by atoms with van der Waals surface area (Å²) >= 11 is 0. The second-order valence-electron chi connectivity index (χ2n) is 6.25. The van der Waals surface area contributed by atoms with E-state index in [1.165, 1.54) is 18.2 Å². The fraction of sp³-hybridized carbons (Fsp3) is 0.294. The highest BCUT2D eigenvalue weighted by Crippen LogP contribution is 2.28. The fourth-order valence-electron chi connectivity index (χ4n) is 3.01. The predicted octanol–water partition coefficient (Wildman–Crippen LogP) is 1.79. The topological polar surface area (TPSA) is 110 Å². The molecule has 0 spiro atoms. The zero-order chi connectivity index (χ0) is 18.1. The van der Waals surface area contributed by atoms with Crippen molar-refractivity contribution in [3.8, 4) is 0 Å². The number of nitrogens with zero attached hydrogens (tertiary/aromatic N) is 1. The van der Waals surface area contributed by atoms with Crippen LogP contribution in [0.1, 0.15) is 17.5 Å². The van der Waals surface area contributed by atoms with Crippen molar-refractivity contribution in [1.29, 1.82) is 0 Å². The lowest BCUT2D eigenvalue weighted by Gasteiger charge is -2.33. The molecule has 0 heterocycles. The zero-order valence-electron chi connectivity index (χ0n) is 13.4. The minimum absolute atomic E-state index is 0.146. The highest BCUT2D eigenvalue weighted by molar-refractivity contribution is 7.89. The molecule has 8 heteroatoms. The first kappa shape index (κ1) is 17.5. The molecule has 0 bridgehead atoms. The molecule has 2 N–H and O–H groups in total. The quantitative estimate of drug-likeness (QED) is 0.622. The van der Waals surface area contributed by atoms with E-state index in [4.69, 9.17) is 0 Å². The first-order chi connectivity index (χ1) is 11.8. The van der Waals surface area contributed by atoms with Crippen molar-refractivity contribution in [3.63, 3.8) is 0 Å². The van der Waals surface area contributed by atoms with Crippen molar-refractivity contribution in [2.75, 3.05) is 6.54 Å². The molecule has 0 saturated heterocycles. The third-order valence-corrected chi connectivity index (χ3v) is 5.83. The molecule has 1 aliphatic carbocycles.